The van der Waals surface area contributed by atoms with Gasteiger partial charge < -0.3 is 14.2 Å². The highest BCUT2D eigenvalue weighted by atomic mass is 32.2. The van der Waals surface area contributed by atoms with E-state index in [1.54, 1.807) is 4.90 Å². The zero-order chi connectivity index (χ0) is 17.5. The minimum Gasteiger partial charge on any atom is -0.410 e. The maximum atomic E-state index is 12.5. The van der Waals surface area contributed by atoms with Gasteiger partial charge in [0.2, 0.25) is 5.91 Å². The molecule has 0 saturated carbocycles. The Balaban J connectivity index is 1.98. The highest BCUT2D eigenvalue weighted by Gasteiger charge is 2.23. The normalized spacial score (nSPS) is 12.4. The van der Waals surface area contributed by atoms with Crippen molar-refractivity contribution in [2.75, 3.05) is 31.3 Å². The zero-order valence-electron chi connectivity index (χ0n) is 14.7. The van der Waals surface area contributed by atoms with Crippen LogP contribution in [0.4, 0.5) is 5.69 Å². The summed E-state index contributed by atoms with van der Waals surface area (Å²) in [6.45, 7) is 4.68. The number of para-hydroxylation sites is 1. The van der Waals surface area contributed by atoms with Gasteiger partial charge in [-0.05, 0) is 19.1 Å². The monoisotopic (exact) mass is 349 g/mol. The number of benzene rings is 1. The summed E-state index contributed by atoms with van der Waals surface area (Å²) in [5.74, 6) is 0.928. The number of carbonyl (C=O) groups is 1. The van der Waals surface area contributed by atoms with Crippen LogP contribution in [0.25, 0.3) is 0 Å². The van der Waals surface area contributed by atoms with E-state index in [0.29, 0.717) is 17.7 Å². The quantitative estimate of drug-likeness (QED) is 0.737. The first-order valence-corrected chi connectivity index (χ1v) is 9.17. The minimum atomic E-state index is 0.0266. The topological polar surface area (TPSA) is 63.7 Å². The Morgan fingerprint density at radius 2 is 1.96 bits per heavy atom. The van der Waals surface area contributed by atoms with Crippen LogP contribution in [0.3, 0.4) is 0 Å². The van der Waals surface area contributed by atoms with Gasteiger partial charge >= 0.3 is 0 Å². The van der Waals surface area contributed by atoms with E-state index in [4.69, 9.17) is 4.42 Å². The number of nitrogens with one attached hydrogen (secondary N) is 1. The summed E-state index contributed by atoms with van der Waals surface area (Å²) < 4.78 is 5.72. The molecule has 1 atom stereocenters. The van der Waals surface area contributed by atoms with Crippen molar-refractivity contribution in [1.82, 2.24) is 10.2 Å². The van der Waals surface area contributed by atoms with Crippen molar-refractivity contribution in [2.45, 2.75) is 31.5 Å². The number of rotatable bonds is 8. The molecule has 6 nitrogen and oxygen atoms in total. The van der Waals surface area contributed by atoms with Gasteiger partial charge in [-0.1, -0.05) is 36.9 Å². The van der Waals surface area contributed by atoms with Crippen molar-refractivity contribution < 1.29 is 14.1 Å². The molecule has 1 aromatic heterocycles. The molecule has 0 bridgehead atoms. The summed E-state index contributed by atoms with van der Waals surface area (Å²) in [5, 5.41) is 8.63. The number of hydrogen-bond donors (Lipinski definition) is 1. The van der Waals surface area contributed by atoms with Gasteiger partial charge in [-0.3, -0.25) is 4.79 Å². The van der Waals surface area contributed by atoms with E-state index in [2.05, 4.69) is 31.2 Å². The second kappa shape index (κ2) is 8.84. The summed E-state index contributed by atoms with van der Waals surface area (Å²) >= 11 is 1.29. The van der Waals surface area contributed by atoms with Gasteiger partial charge in [-0.25, -0.2) is 0 Å². The fourth-order valence-corrected chi connectivity index (χ4v) is 3.21. The third kappa shape index (κ3) is 4.58. The summed E-state index contributed by atoms with van der Waals surface area (Å²) in [4.78, 5) is 15.5. The molecule has 1 N–H and O–H groups in total. The van der Waals surface area contributed by atoms with Crippen molar-refractivity contribution in [1.29, 1.82) is 0 Å². The third-order valence-corrected chi connectivity index (χ3v) is 4.63. The van der Waals surface area contributed by atoms with Crippen LogP contribution in [0, 0.1) is 0 Å². The molecule has 0 aliphatic heterocycles. The molecule has 0 fully saturated rings. The minimum absolute atomic E-state index is 0.0266. The van der Waals surface area contributed by atoms with Crippen molar-refractivity contribution >= 4 is 23.4 Å². The predicted octanol–water partition coefficient (Wildman–Crippen LogP) is 1.81. The van der Waals surface area contributed by atoms with Gasteiger partial charge in [-0.15, -0.1) is 10.2 Å². The lowest BCUT2D eigenvalue weighted by atomic mass is 10.2. The molecule has 24 heavy (non-hydrogen) atoms. The van der Waals surface area contributed by atoms with Crippen LogP contribution in [0.15, 0.2) is 40.0 Å². The van der Waals surface area contributed by atoms with Gasteiger partial charge in [0.15, 0.2) is 6.04 Å². The standard InChI is InChI=1S/C17H24N4O2S/c1-5-14(20(3)4)16-18-19-17(23-16)24-12-15(22)21(6-2)13-10-8-7-9-11-13/h7-11,14H,5-6,12H2,1-4H3/p+1/t14-/m0/s1. The smallest absolute Gasteiger partial charge is 0.277 e. The van der Waals surface area contributed by atoms with Crippen molar-refractivity contribution in [3.05, 3.63) is 36.2 Å². The van der Waals surface area contributed by atoms with E-state index in [-0.39, 0.29) is 17.7 Å². The molecular formula is C17H25N4O2S+. The zero-order valence-corrected chi connectivity index (χ0v) is 15.5. The first-order chi connectivity index (χ1) is 11.6. The Kier molecular flexibility index (Phi) is 6.81. The third-order valence-electron chi connectivity index (χ3n) is 3.83. The number of nitrogens with zero attached hydrogens (tertiary/aromatic N) is 3. The summed E-state index contributed by atoms with van der Waals surface area (Å²) in [7, 11) is 4.13. The predicted molar refractivity (Wildman–Crippen MR) is 95.3 cm³/mol. The molecule has 0 spiro atoms. The van der Waals surface area contributed by atoms with Gasteiger partial charge in [0, 0.05) is 18.7 Å². The Hall–Kier alpha value is -1.86. The molecule has 1 heterocycles. The number of aromatic nitrogens is 2. The summed E-state index contributed by atoms with van der Waals surface area (Å²) in [5.41, 5.74) is 0.902. The number of anilines is 1. The Morgan fingerprint density at radius 3 is 2.54 bits per heavy atom. The lowest BCUT2D eigenvalue weighted by Gasteiger charge is -2.20. The molecule has 130 valence electrons. The van der Waals surface area contributed by atoms with Gasteiger partial charge in [-0.2, -0.15) is 0 Å². The highest BCUT2D eigenvalue weighted by molar-refractivity contribution is 7.99. The molecule has 2 aromatic rings. The molecular weight excluding hydrogens is 324 g/mol. The number of hydrogen-bond acceptors (Lipinski definition) is 5. The van der Waals surface area contributed by atoms with Gasteiger partial charge in [0.05, 0.1) is 19.8 Å². The van der Waals surface area contributed by atoms with Crippen LogP contribution in [0.1, 0.15) is 32.2 Å². The Bertz CT molecular complexity index is 645. The largest absolute Gasteiger partial charge is 0.410 e. The number of thioether (sulfide) groups is 1. The van der Waals surface area contributed by atoms with Crippen LogP contribution in [0.5, 0.6) is 0 Å². The SMILES string of the molecule is CC[C@@H](c1nnc(SCC(=O)N(CC)c2ccccc2)o1)[NH+](C)C. The van der Waals surface area contributed by atoms with Crippen LogP contribution in [-0.2, 0) is 4.79 Å². The van der Waals surface area contributed by atoms with Crippen LogP contribution in [-0.4, -0.2) is 42.5 Å². The van der Waals surface area contributed by atoms with Crippen LogP contribution >= 0.6 is 11.8 Å². The van der Waals surface area contributed by atoms with E-state index < -0.39 is 0 Å². The molecule has 1 amide bonds. The molecule has 0 unspecified atom stereocenters. The maximum Gasteiger partial charge on any atom is 0.277 e. The number of amides is 1. The fraction of sp³-hybridized carbons (Fsp3) is 0.471. The van der Waals surface area contributed by atoms with Crippen LogP contribution in [0.2, 0.25) is 0 Å². The summed E-state index contributed by atoms with van der Waals surface area (Å²) in [6, 6.07) is 9.84. The Labute approximate surface area is 147 Å². The lowest BCUT2D eigenvalue weighted by Crippen LogP contribution is -3.06. The van der Waals surface area contributed by atoms with Gasteiger partial charge in [0.25, 0.3) is 11.1 Å². The van der Waals surface area contributed by atoms with Crippen molar-refractivity contribution in [3.63, 3.8) is 0 Å². The lowest BCUT2D eigenvalue weighted by molar-refractivity contribution is -0.894. The average Bonchev–Trinajstić information content (AvgIpc) is 3.03. The average molecular weight is 349 g/mol. The van der Waals surface area contributed by atoms with E-state index in [0.717, 1.165) is 12.1 Å². The Morgan fingerprint density at radius 1 is 1.25 bits per heavy atom. The second-order valence-electron chi connectivity index (χ2n) is 5.71. The van der Waals surface area contributed by atoms with E-state index in [1.165, 1.54) is 16.7 Å². The fourth-order valence-electron chi connectivity index (χ4n) is 2.56. The van der Waals surface area contributed by atoms with E-state index in [1.807, 2.05) is 37.3 Å². The number of carbonyl (C=O) groups excluding carboxylic acids is 1. The van der Waals surface area contributed by atoms with E-state index >= 15 is 0 Å². The molecule has 0 aliphatic rings. The van der Waals surface area contributed by atoms with Crippen LogP contribution < -0.4 is 9.80 Å². The molecule has 0 aliphatic carbocycles. The molecule has 1 aromatic carbocycles. The van der Waals surface area contributed by atoms with Crippen molar-refractivity contribution in [3.8, 4) is 0 Å². The second-order valence-corrected chi connectivity index (χ2v) is 6.63. The molecule has 0 radical (unpaired) electrons. The van der Waals surface area contributed by atoms with Gasteiger partial charge in [0.1, 0.15) is 0 Å². The molecule has 0 saturated heterocycles. The molecule has 2 rings (SSSR count). The summed E-state index contributed by atoms with van der Waals surface area (Å²) in [6.07, 6.45) is 0.922. The first-order valence-electron chi connectivity index (χ1n) is 8.18. The maximum absolute atomic E-state index is 12.5. The molecule has 7 heteroatoms. The first kappa shape index (κ1) is 18.5. The number of quaternary nitrogens is 1. The highest BCUT2D eigenvalue weighted by Crippen LogP contribution is 2.21. The van der Waals surface area contributed by atoms with E-state index in [9.17, 15) is 4.79 Å². The van der Waals surface area contributed by atoms with Crippen molar-refractivity contribution in [2.24, 2.45) is 0 Å².